The third kappa shape index (κ3) is 2.96. The van der Waals surface area contributed by atoms with E-state index in [0.29, 0.717) is 17.7 Å². The molecule has 1 aliphatic heterocycles. The number of rotatable bonds is 4. The maximum absolute atomic E-state index is 12.3. The van der Waals surface area contributed by atoms with Gasteiger partial charge in [-0.1, -0.05) is 36.4 Å². The number of amides is 1. The highest BCUT2D eigenvalue weighted by atomic mass is 16.1. The number of benzene rings is 1. The molecule has 0 atom stereocenters. The van der Waals surface area contributed by atoms with E-state index in [1.807, 2.05) is 24.3 Å². The summed E-state index contributed by atoms with van der Waals surface area (Å²) < 4.78 is 0. The molecule has 0 fully saturated rings. The van der Waals surface area contributed by atoms with Crippen LogP contribution in [0.5, 0.6) is 0 Å². The third-order valence-electron chi connectivity index (χ3n) is 3.72. The molecule has 22 heavy (non-hydrogen) atoms. The van der Waals surface area contributed by atoms with Crippen LogP contribution in [0.2, 0.25) is 0 Å². The van der Waals surface area contributed by atoms with E-state index < -0.39 is 0 Å². The van der Waals surface area contributed by atoms with E-state index in [9.17, 15) is 9.59 Å². The van der Waals surface area contributed by atoms with Crippen LogP contribution in [0.3, 0.4) is 0 Å². The molecule has 1 aliphatic rings. The summed E-state index contributed by atoms with van der Waals surface area (Å²) in [5, 5.41) is 0. The zero-order chi connectivity index (χ0) is 15.4. The summed E-state index contributed by atoms with van der Waals surface area (Å²) in [4.78, 5) is 29.3. The molecular weight excluding hydrogens is 276 g/mol. The number of carbonyl (C=O) groups excluding carboxylic acids is 2. The number of aromatic nitrogens is 1. The number of nitrogens with zero attached hydrogens (tertiary/aromatic N) is 2. The van der Waals surface area contributed by atoms with Crippen LogP contribution in [-0.4, -0.2) is 35.2 Å². The maximum atomic E-state index is 12.3. The SMILES string of the molecule is O=CN1CCC=C(c2ccc(C(=O)c3ccccc3)cn2)C1. The van der Waals surface area contributed by atoms with E-state index in [4.69, 9.17) is 0 Å². The Labute approximate surface area is 129 Å². The van der Waals surface area contributed by atoms with Gasteiger partial charge in [-0.05, 0) is 24.1 Å². The molecule has 2 aromatic rings. The summed E-state index contributed by atoms with van der Waals surface area (Å²) in [6.45, 7) is 1.32. The van der Waals surface area contributed by atoms with Gasteiger partial charge in [0.25, 0.3) is 0 Å². The minimum Gasteiger partial charge on any atom is -0.341 e. The first-order valence-corrected chi connectivity index (χ1v) is 7.22. The Morgan fingerprint density at radius 3 is 2.59 bits per heavy atom. The first kappa shape index (κ1) is 14.2. The van der Waals surface area contributed by atoms with Gasteiger partial charge < -0.3 is 4.90 Å². The van der Waals surface area contributed by atoms with Crippen molar-refractivity contribution in [3.8, 4) is 0 Å². The minimum absolute atomic E-state index is 0.0354. The van der Waals surface area contributed by atoms with Crippen molar-refractivity contribution >= 4 is 17.8 Å². The maximum Gasteiger partial charge on any atom is 0.210 e. The molecule has 1 aromatic carbocycles. The fourth-order valence-electron chi connectivity index (χ4n) is 2.52. The van der Waals surface area contributed by atoms with Crippen molar-refractivity contribution in [1.82, 2.24) is 9.88 Å². The molecule has 0 radical (unpaired) electrons. The normalized spacial score (nSPS) is 14.4. The summed E-state index contributed by atoms with van der Waals surface area (Å²) in [7, 11) is 0. The van der Waals surface area contributed by atoms with Gasteiger partial charge in [0.2, 0.25) is 6.41 Å². The summed E-state index contributed by atoms with van der Waals surface area (Å²) in [6, 6.07) is 12.8. The molecule has 0 N–H and O–H groups in total. The summed E-state index contributed by atoms with van der Waals surface area (Å²) >= 11 is 0. The van der Waals surface area contributed by atoms with E-state index >= 15 is 0 Å². The summed E-state index contributed by atoms with van der Waals surface area (Å²) in [5.41, 5.74) is 3.06. The molecule has 1 aromatic heterocycles. The van der Waals surface area contributed by atoms with Gasteiger partial charge in [0.05, 0.1) is 5.69 Å². The Balaban J connectivity index is 1.80. The van der Waals surface area contributed by atoms with Crippen LogP contribution in [0.1, 0.15) is 28.0 Å². The number of carbonyl (C=O) groups is 2. The molecule has 0 unspecified atom stereocenters. The lowest BCUT2D eigenvalue weighted by Crippen LogP contribution is -2.28. The quantitative estimate of drug-likeness (QED) is 0.643. The molecule has 0 spiro atoms. The lowest BCUT2D eigenvalue weighted by atomic mass is 10.0. The minimum atomic E-state index is -0.0354. The molecule has 2 heterocycles. The van der Waals surface area contributed by atoms with Gasteiger partial charge >= 0.3 is 0 Å². The predicted octanol–water partition coefficient (Wildman–Crippen LogP) is 2.56. The average Bonchev–Trinajstić information content (AvgIpc) is 2.62. The second kappa shape index (κ2) is 6.35. The van der Waals surface area contributed by atoms with Gasteiger partial charge in [0.15, 0.2) is 5.78 Å². The van der Waals surface area contributed by atoms with Crippen LogP contribution in [0.15, 0.2) is 54.7 Å². The van der Waals surface area contributed by atoms with Crippen molar-refractivity contribution in [3.05, 3.63) is 71.6 Å². The van der Waals surface area contributed by atoms with Crippen molar-refractivity contribution in [2.75, 3.05) is 13.1 Å². The van der Waals surface area contributed by atoms with Crippen LogP contribution in [-0.2, 0) is 4.79 Å². The van der Waals surface area contributed by atoms with Crippen molar-refractivity contribution in [3.63, 3.8) is 0 Å². The molecule has 0 aliphatic carbocycles. The first-order chi connectivity index (χ1) is 10.8. The third-order valence-corrected chi connectivity index (χ3v) is 3.72. The van der Waals surface area contributed by atoms with Crippen LogP contribution in [0.25, 0.3) is 5.57 Å². The van der Waals surface area contributed by atoms with Crippen LogP contribution in [0.4, 0.5) is 0 Å². The zero-order valence-electron chi connectivity index (χ0n) is 12.1. The Hall–Kier alpha value is -2.75. The standard InChI is InChI=1S/C18H16N2O2/c21-13-20-10-4-7-16(12-20)17-9-8-15(11-19-17)18(22)14-5-2-1-3-6-14/h1-3,5-9,11,13H,4,10,12H2. The van der Waals surface area contributed by atoms with Crippen molar-refractivity contribution in [2.24, 2.45) is 0 Å². The van der Waals surface area contributed by atoms with Gasteiger partial charge in [-0.15, -0.1) is 0 Å². The van der Waals surface area contributed by atoms with Crippen LogP contribution in [0, 0.1) is 0 Å². The fourth-order valence-corrected chi connectivity index (χ4v) is 2.52. The van der Waals surface area contributed by atoms with Crippen molar-refractivity contribution in [1.29, 1.82) is 0 Å². The molecule has 0 bridgehead atoms. The Morgan fingerprint density at radius 1 is 1.09 bits per heavy atom. The van der Waals surface area contributed by atoms with Crippen LogP contribution < -0.4 is 0 Å². The second-order valence-corrected chi connectivity index (χ2v) is 5.22. The number of hydrogen-bond acceptors (Lipinski definition) is 3. The zero-order valence-corrected chi connectivity index (χ0v) is 12.1. The van der Waals surface area contributed by atoms with E-state index in [1.54, 1.807) is 29.3 Å². The molecule has 4 heteroatoms. The lowest BCUT2D eigenvalue weighted by molar-refractivity contribution is -0.117. The van der Waals surface area contributed by atoms with E-state index in [-0.39, 0.29) is 5.78 Å². The lowest BCUT2D eigenvalue weighted by Gasteiger charge is -2.23. The molecular formula is C18H16N2O2. The highest BCUT2D eigenvalue weighted by molar-refractivity contribution is 6.08. The van der Waals surface area contributed by atoms with Gasteiger partial charge in [0.1, 0.15) is 0 Å². The highest BCUT2D eigenvalue weighted by Crippen LogP contribution is 2.19. The summed E-state index contributed by atoms with van der Waals surface area (Å²) in [5.74, 6) is -0.0354. The molecule has 110 valence electrons. The van der Waals surface area contributed by atoms with Crippen molar-refractivity contribution < 1.29 is 9.59 Å². The van der Waals surface area contributed by atoms with Crippen molar-refractivity contribution in [2.45, 2.75) is 6.42 Å². The molecule has 1 amide bonds. The Morgan fingerprint density at radius 2 is 1.91 bits per heavy atom. The molecule has 4 nitrogen and oxygen atoms in total. The predicted molar refractivity (Wildman–Crippen MR) is 84.3 cm³/mol. The van der Waals surface area contributed by atoms with Gasteiger partial charge in [-0.3, -0.25) is 14.6 Å². The first-order valence-electron chi connectivity index (χ1n) is 7.22. The summed E-state index contributed by atoms with van der Waals surface area (Å²) in [6.07, 6.45) is 5.40. The number of hydrogen-bond donors (Lipinski definition) is 0. The monoisotopic (exact) mass is 292 g/mol. The van der Waals surface area contributed by atoms with E-state index in [2.05, 4.69) is 11.1 Å². The van der Waals surface area contributed by atoms with Gasteiger partial charge in [-0.2, -0.15) is 0 Å². The molecule has 0 saturated carbocycles. The van der Waals surface area contributed by atoms with E-state index in [0.717, 1.165) is 30.6 Å². The van der Waals surface area contributed by atoms with E-state index in [1.165, 1.54) is 0 Å². The fraction of sp³-hybridized carbons (Fsp3) is 0.167. The molecule has 0 saturated heterocycles. The van der Waals surface area contributed by atoms with Gasteiger partial charge in [0, 0.05) is 30.4 Å². The largest absolute Gasteiger partial charge is 0.341 e. The number of pyridine rings is 1. The Bertz CT molecular complexity index is 706. The molecule has 3 rings (SSSR count). The second-order valence-electron chi connectivity index (χ2n) is 5.22. The topological polar surface area (TPSA) is 50.3 Å². The highest BCUT2D eigenvalue weighted by Gasteiger charge is 2.14. The Kier molecular flexibility index (Phi) is 4.10. The van der Waals surface area contributed by atoms with Crippen LogP contribution >= 0.6 is 0 Å². The average molecular weight is 292 g/mol. The van der Waals surface area contributed by atoms with Gasteiger partial charge in [-0.25, -0.2) is 0 Å². The smallest absolute Gasteiger partial charge is 0.210 e. The number of ketones is 1.